The van der Waals surface area contributed by atoms with Gasteiger partial charge in [-0.25, -0.2) is 4.98 Å². The molecule has 0 atom stereocenters. The number of non-ortho nitro benzene ring substituents is 1. The van der Waals surface area contributed by atoms with E-state index in [2.05, 4.69) is 4.98 Å². The predicted octanol–water partition coefficient (Wildman–Crippen LogP) is 4.39. The Morgan fingerprint density at radius 2 is 1.91 bits per heavy atom. The van der Waals surface area contributed by atoms with Crippen LogP contribution in [0.5, 0.6) is 5.75 Å². The number of nitro benzene ring substituents is 1. The zero-order valence-corrected chi connectivity index (χ0v) is 12.5. The van der Waals surface area contributed by atoms with E-state index in [-0.39, 0.29) is 5.69 Å². The maximum absolute atomic E-state index is 10.9. The minimum absolute atomic E-state index is 0.0654. The second-order valence-corrected chi connectivity index (χ2v) is 5.44. The fraction of sp³-hybridized carbons (Fsp3) is 0.0625. The molecule has 0 N–H and O–H groups in total. The van der Waals surface area contributed by atoms with Gasteiger partial charge in [0.25, 0.3) is 5.69 Å². The van der Waals surface area contributed by atoms with Crippen molar-refractivity contribution < 1.29 is 9.66 Å². The van der Waals surface area contributed by atoms with Crippen LogP contribution >= 0.6 is 11.3 Å². The quantitative estimate of drug-likeness (QED) is 0.529. The van der Waals surface area contributed by atoms with Gasteiger partial charge in [-0.15, -0.1) is 11.3 Å². The molecular formula is C16H12N2O3S. The van der Waals surface area contributed by atoms with Crippen LogP contribution in [0.4, 0.5) is 5.69 Å². The molecular weight excluding hydrogens is 300 g/mol. The van der Waals surface area contributed by atoms with Gasteiger partial charge in [0.2, 0.25) is 0 Å². The summed E-state index contributed by atoms with van der Waals surface area (Å²) in [5.74, 6) is 0.766. The third-order valence-corrected chi connectivity index (χ3v) is 4.06. The highest BCUT2D eigenvalue weighted by atomic mass is 32.1. The molecule has 1 aromatic heterocycles. The lowest BCUT2D eigenvalue weighted by molar-refractivity contribution is -0.384. The van der Waals surface area contributed by atoms with Gasteiger partial charge in [0.15, 0.2) is 0 Å². The fourth-order valence-electron chi connectivity index (χ4n) is 2.07. The summed E-state index contributed by atoms with van der Waals surface area (Å²) in [5.41, 5.74) is 2.58. The molecule has 0 saturated carbocycles. The molecule has 0 spiro atoms. The number of thiazole rings is 1. The lowest BCUT2D eigenvalue weighted by atomic mass is 10.1. The van der Waals surface area contributed by atoms with E-state index >= 15 is 0 Å². The van der Waals surface area contributed by atoms with E-state index in [1.54, 1.807) is 13.2 Å². The van der Waals surface area contributed by atoms with Gasteiger partial charge in [-0.1, -0.05) is 24.3 Å². The minimum Gasteiger partial charge on any atom is -0.497 e. The molecule has 0 bridgehead atoms. The lowest BCUT2D eigenvalue weighted by Gasteiger charge is -2.01. The Balaban J connectivity index is 1.96. The molecule has 0 fully saturated rings. The molecule has 0 saturated heterocycles. The number of hydrogen-bond donors (Lipinski definition) is 0. The number of hydrogen-bond acceptors (Lipinski definition) is 5. The van der Waals surface area contributed by atoms with Crippen molar-refractivity contribution in [2.75, 3.05) is 7.11 Å². The monoisotopic (exact) mass is 312 g/mol. The molecule has 0 aliphatic carbocycles. The summed E-state index contributed by atoms with van der Waals surface area (Å²) < 4.78 is 5.21. The Morgan fingerprint density at radius 3 is 2.68 bits per heavy atom. The zero-order valence-electron chi connectivity index (χ0n) is 11.7. The first kappa shape index (κ1) is 14.2. The lowest BCUT2D eigenvalue weighted by Crippen LogP contribution is -1.88. The molecule has 0 radical (unpaired) electrons. The maximum atomic E-state index is 10.9. The standard InChI is InChI=1S/C16H12N2O3S/c1-21-14-7-3-4-11(9-14)15-10-22-16(17-15)12-5-2-6-13(8-12)18(19)20/h2-10H,1H3. The van der Waals surface area contributed by atoms with Gasteiger partial charge in [0.1, 0.15) is 10.8 Å². The molecule has 0 amide bonds. The Labute approximate surface area is 131 Å². The van der Waals surface area contributed by atoms with Crippen LogP contribution in [0, 0.1) is 10.1 Å². The molecule has 0 unspecified atom stereocenters. The number of ether oxygens (including phenoxy) is 1. The van der Waals surface area contributed by atoms with E-state index in [1.807, 2.05) is 35.7 Å². The first-order valence-corrected chi connectivity index (χ1v) is 7.40. The number of methoxy groups -OCH3 is 1. The van der Waals surface area contributed by atoms with E-state index in [0.717, 1.165) is 27.6 Å². The first-order valence-electron chi connectivity index (χ1n) is 6.52. The van der Waals surface area contributed by atoms with Crippen molar-refractivity contribution in [1.29, 1.82) is 0 Å². The molecule has 5 nitrogen and oxygen atoms in total. The number of nitro groups is 1. The Morgan fingerprint density at radius 1 is 1.14 bits per heavy atom. The van der Waals surface area contributed by atoms with Gasteiger partial charge >= 0.3 is 0 Å². The second-order valence-electron chi connectivity index (χ2n) is 4.58. The average molecular weight is 312 g/mol. The van der Waals surface area contributed by atoms with Gasteiger partial charge in [-0.05, 0) is 12.1 Å². The Kier molecular flexibility index (Phi) is 3.84. The molecule has 1 heterocycles. The minimum atomic E-state index is -0.403. The van der Waals surface area contributed by atoms with E-state index in [4.69, 9.17) is 4.74 Å². The number of aromatic nitrogens is 1. The van der Waals surface area contributed by atoms with Gasteiger partial charge < -0.3 is 4.74 Å². The maximum Gasteiger partial charge on any atom is 0.270 e. The summed E-state index contributed by atoms with van der Waals surface area (Å²) >= 11 is 1.46. The summed E-state index contributed by atoms with van der Waals surface area (Å²) in [6.45, 7) is 0. The van der Waals surface area contributed by atoms with Crippen molar-refractivity contribution in [2.24, 2.45) is 0 Å². The molecule has 0 aliphatic rings. The average Bonchev–Trinajstić information content (AvgIpc) is 3.05. The van der Waals surface area contributed by atoms with Gasteiger partial charge in [0.05, 0.1) is 17.7 Å². The highest BCUT2D eigenvalue weighted by Gasteiger charge is 2.11. The van der Waals surface area contributed by atoms with Crippen molar-refractivity contribution in [3.8, 4) is 27.6 Å². The van der Waals surface area contributed by atoms with E-state index in [0.29, 0.717) is 0 Å². The third kappa shape index (κ3) is 2.82. The van der Waals surface area contributed by atoms with Crippen molar-refractivity contribution in [3.63, 3.8) is 0 Å². The molecule has 2 aromatic carbocycles. The van der Waals surface area contributed by atoms with Crippen LogP contribution in [0.25, 0.3) is 21.8 Å². The van der Waals surface area contributed by atoms with Crippen molar-refractivity contribution >= 4 is 17.0 Å². The van der Waals surface area contributed by atoms with Crippen LogP contribution in [0.2, 0.25) is 0 Å². The van der Waals surface area contributed by atoms with Crippen LogP contribution in [0.3, 0.4) is 0 Å². The van der Waals surface area contributed by atoms with Gasteiger partial charge in [0, 0.05) is 28.6 Å². The summed E-state index contributed by atoms with van der Waals surface area (Å²) in [4.78, 5) is 15.0. The van der Waals surface area contributed by atoms with E-state index < -0.39 is 4.92 Å². The van der Waals surface area contributed by atoms with E-state index in [1.165, 1.54) is 23.5 Å². The summed E-state index contributed by atoms with van der Waals surface area (Å²) in [6, 6.07) is 14.1. The van der Waals surface area contributed by atoms with Crippen LogP contribution in [0.15, 0.2) is 53.9 Å². The molecule has 110 valence electrons. The number of benzene rings is 2. The van der Waals surface area contributed by atoms with Crippen molar-refractivity contribution in [1.82, 2.24) is 4.98 Å². The number of rotatable bonds is 4. The highest BCUT2D eigenvalue weighted by molar-refractivity contribution is 7.13. The molecule has 6 heteroatoms. The smallest absolute Gasteiger partial charge is 0.270 e. The van der Waals surface area contributed by atoms with Crippen LogP contribution < -0.4 is 4.74 Å². The zero-order chi connectivity index (χ0) is 15.5. The topological polar surface area (TPSA) is 65.3 Å². The highest BCUT2D eigenvalue weighted by Crippen LogP contribution is 2.31. The van der Waals surface area contributed by atoms with Crippen LogP contribution in [-0.2, 0) is 0 Å². The molecule has 22 heavy (non-hydrogen) atoms. The fourth-order valence-corrected chi connectivity index (χ4v) is 2.90. The predicted molar refractivity (Wildman–Crippen MR) is 86.2 cm³/mol. The van der Waals surface area contributed by atoms with Crippen LogP contribution in [-0.4, -0.2) is 17.0 Å². The SMILES string of the molecule is COc1cccc(-c2csc(-c3cccc([N+](=O)[O-])c3)n2)c1. The Bertz CT molecular complexity index is 830. The largest absolute Gasteiger partial charge is 0.497 e. The molecule has 3 aromatic rings. The summed E-state index contributed by atoms with van der Waals surface area (Å²) in [7, 11) is 1.62. The summed E-state index contributed by atoms with van der Waals surface area (Å²) in [6.07, 6.45) is 0. The van der Waals surface area contributed by atoms with Crippen LogP contribution in [0.1, 0.15) is 0 Å². The van der Waals surface area contributed by atoms with Gasteiger partial charge in [-0.3, -0.25) is 10.1 Å². The van der Waals surface area contributed by atoms with Crippen molar-refractivity contribution in [2.45, 2.75) is 0 Å². The first-order chi connectivity index (χ1) is 10.7. The third-order valence-electron chi connectivity index (χ3n) is 3.17. The molecule has 0 aliphatic heterocycles. The number of nitrogens with zero attached hydrogens (tertiary/aromatic N) is 2. The molecule has 3 rings (SSSR count). The van der Waals surface area contributed by atoms with Gasteiger partial charge in [-0.2, -0.15) is 0 Å². The second kappa shape index (κ2) is 5.95. The van der Waals surface area contributed by atoms with E-state index in [9.17, 15) is 10.1 Å². The normalized spacial score (nSPS) is 10.4. The summed E-state index contributed by atoms with van der Waals surface area (Å²) in [5, 5.41) is 13.5. The Hall–Kier alpha value is -2.73. The van der Waals surface area contributed by atoms with Crippen molar-refractivity contribution in [3.05, 3.63) is 64.0 Å².